The van der Waals surface area contributed by atoms with Crippen LogP contribution in [0.5, 0.6) is 0 Å². The van der Waals surface area contributed by atoms with E-state index in [0.29, 0.717) is 17.6 Å². The van der Waals surface area contributed by atoms with E-state index in [9.17, 15) is 0 Å². The highest BCUT2D eigenvalue weighted by Gasteiger charge is 2.22. The lowest BCUT2D eigenvalue weighted by Gasteiger charge is -2.20. The lowest BCUT2D eigenvalue weighted by molar-refractivity contribution is 0.554. The first-order valence-electron chi connectivity index (χ1n) is 12.9. The number of nitrogens with one attached hydrogen (secondary N) is 1. The Morgan fingerprint density at radius 1 is 0.784 bits per heavy atom. The number of nitrogens with zero attached hydrogens (tertiary/aromatic N) is 4. The summed E-state index contributed by atoms with van der Waals surface area (Å²) >= 11 is 0. The van der Waals surface area contributed by atoms with Gasteiger partial charge in [-0.05, 0) is 58.7 Å². The van der Waals surface area contributed by atoms with Crippen molar-refractivity contribution in [1.29, 1.82) is 0 Å². The van der Waals surface area contributed by atoms with Crippen LogP contribution in [0.3, 0.4) is 0 Å². The van der Waals surface area contributed by atoms with E-state index in [1.807, 2.05) is 18.2 Å². The summed E-state index contributed by atoms with van der Waals surface area (Å²) in [5.41, 5.74) is 6.39. The fourth-order valence-corrected chi connectivity index (χ4v) is 5.09. The molecule has 3 aromatic heterocycles. The fourth-order valence-electron chi connectivity index (χ4n) is 5.09. The molecule has 0 fully saturated rings. The first kappa shape index (κ1) is 23.0. The molecule has 1 N–H and O–H groups in total. The molecular formula is C32H29N5. The molecule has 0 aliphatic heterocycles. The summed E-state index contributed by atoms with van der Waals surface area (Å²) in [6, 6.07) is 27.3. The predicted molar refractivity (Wildman–Crippen MR) is 151 cm³/mol. The molecule has 0 saturated heterocycles. The highest BCUT2D eigenvalue weighted by Crippen LogP contribution is 2.41. The second-order valence-electron chi connectivity index (χ2n) is 9.75. The normalized spacial score (nSPS) is 12.3. The smallest absolute Gasteiger partial charge is 0.200 e. The molecule has 3 aromatic carbocycles. The minimum absolute atomic E-state index is 0.495. The van der Waals surface area contributed by atoms with Gasteiger partial charge >= 0.3 is 0 Å². The Hall–Kier alpha value is -4.38. The second kappa shape index (κ2) is 9.58. The molecule has 5 heteroatoms. The van der Waals surface area contributed by atoms with Gasteiger partial charge in [0.2, 0.25) is 0 Å². The monoisotopic (exact) mass is 483 g/mol. The Kier molecular flexibility index (Phi) is 5.97. The Labute approximate surface area is 216 Å². The number of fused-ring (bicyclic) bond motifs is 2. The van der Waals surface area contributed by atoms with Gasteiger partial charge < -0.3 is 0 Å². The predicted octanol–water partition coefficient (Wildman–Crippen LogP) is 7.80. The minimum Gasteiger partial charge on any atom is -0.257 e. The van der Waals surface area contributed by atoms with Gasteiger partial charge in [0.1, 0.15) is 11.4 Å². The molecule has 5 nitrogen and oxygen atoms in total. The van der Waals surface area contributed by atoms with Crippen molar-refractivity contribution in [3.05, 3.63) is 96.3 Å². The molecule has 37 heavy (non-hydrogen) atoms. The Bertz CT molecular complexity index is 1720. The first-order valence-corrected chi connectivity index (χ1v) is 12.9. The number of aromatic amines is 1. The summed E-state index contributed by atoms with van der Waals surface area (Å²) in [5, 5.41) is 12.3. The summed E-state index contributed by atoms with van der Waals surface area (Å²) < 4.78 is 0. The van der Waals surface area contributed by atoms with Crippen LogP contribution in [0.15, 0.2) is 85.1 Å². The van der Waals surface area contributed by atoms with Crippen LogP contribution in [0.25, 0.3) is 55.7 Å². The summed E-state index contributed by atoms with van der Waals surface area (Å²) in [5.74, 6) is 1.72. The van der Waals surface area contributed by atoms with Crippen molar-refractivity contribution in [3.8, 4) is 34.2 Å². The quantitative estimate of drug-likeness (QED) is 0.262. The molecule has 6 rings (SSSR count). The zero-order valence-corrected chi connectivity index (χ0v) is 21.4. The average Bonchev–Trinajstić information content (AvgIpc) is 3.44. The summed E-state index contributed by atoms with van der Waals surface area (Å²) in [6.07, 6.45) is 3.72. The van der Waals surface area contributed by atoms with E-state index < -0.39 is 0 Å². The number of hydrogen-bond donors (Lipinski definition) is 1. The number of aryl methyl sites for hydroxylation is 1. The maximum Gasteiger partial charge on any atom is 0.200 e. The highest BCUT2D eigenvalue weighted by molar-refractivity contribution is 6.10. The van der Waals surface area contributed by atoms with Crippen LogP contribution in [-0.2, 0) is 6.42 Å². The fraction of sp³-hybridized carbons (Fsp3) is 0.188. The third-order valence-corrected chi connectivity index (χ3v) is 7.22. The summed E-state index contributed by atoms with van der Waals surface area (Å²) in [7, 11) is 0. The zero-order valence-electron chi connectivity index (χ0n) is 21.4. The van der Waals surface area contributed by atoms with Gasteiger partial charge in [-0.15, -0.1) is 0 Å². The highest BCUT2D eigenvalue weighted by atomic mass is 15.2. The largest absolute Gasteiger partial charge is 0.257 e. The van der Waals surface area contributed by atoms with Crippen molar-refractivity contribution >= 4 is 21.5 Å². The molecule has 182 valence electrons. The van der Waals surface area contributed by atoms with Gasteiger partial charge in [-0.25, -0.2) is 9.97 Å². The van der Waals surface area contributed by atoms with Gasteiger partial charge in [-0.3, -0.25) is 10.1 Å². The van der Waals surface area contributed by atoms with Crippen molar-refractivity contribution in [3.63, 3.8) is 0 Å². The molecule has 0 amide bonds. The lowest BCUT2D eigenvalue weighted by Crippen LogP contribution is -2.06. The number of hydrogen-bond acceptors (Lipinski definition) is 4. The van der Waals surface area contributed by atoms with Crippen LogP contribution >= 0.6 is 0 Å². The number of aromatic nitrogens is 5. The van der Waals surface area contributed by atoms with E-state index in [-0.39, 0.29) is 0 Å². The van der Waals surface area contributed by atoms with Crippen LogP contribution in [0.4, 0.5) is 0 Å². The standard InChI is InChI=1S/C32H29N5/c1-4-20(2)19-27-29(28-21(3)16-17-22-11-5-6-12-23(22)28)24-13-7-8-14-25(24)30(34-27)32-35-31(36-37-32)26-15-9-10-18-33-26/h5-18,20H,4,19H2,1-3H3,(H,35,36,37). The van der Waals surface area contributed by atoms with Crippen LogP contribution in [0.2, 0.25) is 0 Å². The molecule has 6 aromatic rings. The molecule has 1 unspecified atom stereocenters. The van der Waals surface area contributed by atoms with Crippen molar-refractivity contribution < 1.29 is 0 Å². The summed E-state index contributed by atoms with van der Waals surface area (Å²) in [6.45, 7) is 6.74. The molecule has 0 aliphatic rings. The van der Waals surface area contributed by atoms with Gasteiger partial charge in [0.15, 0.2) is 11.6 Å². The van der Waals surface area contributed by atoms with Crippen molar-refractivity contribution in [2.24, 2.45) is 5.92 Å². The van der Waals surface area contributed by atoms with Gasteiger partial charge in [0.25, 0.3) is 0 Å². The Morgan fingerprint density at radius 3 is 2.32 bits per heavy atom. The van der Waals surface area contributed by atoms with E-state index in [2.05, 4.69) is 96.6 Å². The van der Waals surface area contributed by atoms with Crippen LogP contribution < -0.4 is 0 Å². The molecule has 0 aliphatic carbocycles. The SMILES string of the molecule is CCC(C)Cc1nc(-c2nc(-c3ccccn3)n[nH]2)c2ccccc2c1-c1c(C)ccc2ccccc12. The second-order valence-corrected chi connectivity index (χ2v) is 9.75. The third-order valence-electron chi connectivity index (χ3n) is 7.22. The van der Waals surface area contributed by atoms with Gasteiger partial charge in [-0.2, -0.15) is 5.10 Å². The molecule has 0 saturated carbocycles. The number of benzene rings is 3. The third kappa shape index (κ3) is 4.16. The van der Waals surface area contributed by atoms with E-state index >= 15 is 0 Å². The zero-order chi connectivity index (χ0) is 25.4. The van der Waals surface area contributed by atoms with Crippen molar-refractivity contribution in [2.75, 3.05) is 0 Å². The maximum absolute atomic E-state index is 5.34. The van der Waals surface area contributed by atoms with Crippen LogP contribution in [0, 0.1) is 12.8 Å². The lowest BCUT2D eigenvalue weighted by atomic mass is 9.86. The van der Waals surface area contributed by atoms with E-state index in [0.717, 1.165) is 35.3 Å². The van der Waals surface area contributed by atoms with Crippen LogP contribution in [-0.4, -0.2) is 25.1 Å². The molecule has 0 bridgehead atoms. The average molecular weight is 484 g/mol. The first-order chi connectivity index (χ1) is 18.1. The van der Waals surface area contributed by atoms with Crippen molar-refractivity contribution in [2.45, 2.75) is 33.6 Å². The molecule has 1 atom stereocenters. The van der Waals surface area contributed by atoms with Gasteiger partial charge in [0, 0.05) is 22.8 Å². The molecular weight excluding hydrogens is 454 g/mol. The van der Waals surface area contributed by atoms with Gasteiger partial charge in [0.05, 0.1) is 0 Å². The molecule has 3 heterocycles. The topological polar surface area (TPSA) is 67.3 Å². The van der Waals surface area contributed by atoms with Gasteiger partial charge in [-0.1, -0.05) is 87.0 Å². The van der Waals surface area contributed by atoms with E-state index in [1.165, 1.54) is 32.8 Å². The Morgan fingerprint density at radius 2 is 1.54 bits per heavy atom. The minimum atomic E-state index is 0.495. The van der Waals surface area contributed by atoms with E-state index in [4.69, 9.17) is 9.97 Å². The molecule has 0 radical (unpaired) electrons. The number of pyridine rings is 2. The molecule has 0 spiro atoms. The number of H-pyrrole nitrogens is 1. The van der Waals surface area contributed by atoms with Crippen LogP contribution in [0.1, 0.15) is 31.5 Å². The number of rotatable bonds is 6. The maximum atomic E-state index is 5.34. The Balaban J connectivity index is 1.65. The summed E-state index contributed by atoms with van der Waals surface area (Å²) in [4.78, 5) is 14.6. The van der Waals surface area contributed by atoms with Crippen molar-refractivity contribution in [1.82, 2.24) is 25.1 Å². The van der Waals surface area contributed by atoms with E-state index in [1.54, 1.807) is 6.20 Å².